The third kappa shape index (κ3) is 5.32. The van der Waals surface area contributed by atoms with E-state index < -0.39 is 10.0 Å². The fraction of sp³-hybridized carbons (Fsp3) is 0.625. The zero-order chi connectivity index (χ0) is 17.7. The Bertz CT molecular complexity index is 646. The molecule has 8 heteroatoms. The van der Waals surface area contributed by atoms with Gasteiger partial charge in [-0.25, -0.2) is 13.1 Å². The Morgan fingerprint density at radius 3 is 2.54 bits per heavy atom. The van der Waals surface area contributed by atoms with Gasteiger partial charge in [0, 0.05) is 39.3 Å². The first-order chi connectivity index (χ1) is 11.3. The standard InChI is InChI=1S/C16H26ClN3O3S/c1-13(12-20-8-6-19(2)7-9-20)11-18-24(21,22)14-4-5-16(23-3)15(17)10-14/h4-5,10,13,18H,6-9,11-12H2,1-3H3. The van der Waals surface area contributed by atoms with Crippen molar-refractivity contribution in [3.8, 4) is 5.75 Å². The molecule has 1 atom stereocenters. The van der Waals surface area contributed by atoms with Crippen molar-refractivity contribution in [1.29, 1.82) is 0 Å². The van der Waals surface area contributed by atoms with Crippen molar-refractivity contribution in [1.82, 2.24) is 14.5 Å². The van der Waals surface area contributed by atoms with Gasteiger partial charge >= 0.3 is 0 Å². The Hall–Kier alpha value is -0.860. The predicted octanol–water partition coefficient (Wildman–Crippen LogP) is 1.51. The molecule has 0 aliphatic carbocycles. The Kier molecular flexibility index (Phi) is 6.88. The highest BCUT2D eigenvalue weighted by molar-refractivity contribution is 7.89. The van der Waals surface area contributed by atoms with E-state index >= 15 is 0 Å². The van der Waals surface area contributed by atoms with Gasteiger partial charge in [-0.2, -0.15) is 0 Å². The highest BCUT2D eigenvalue weighted by atomic mass is 35.5. The second-order valence-corrected chi connectivity index (χ2v) is 8.53. The number of halogens is 1. The summed E-state index contributed by atoms with van der Waals surface area (Å²) in [6.07, 6.45) is 0. The molecule has 1 heterocycles. The van der Waals surface area contributed by atoms with Crippen LogP contribution in [0.25, 0.3) is 0 Å². The molecule has 1 aliphatic rings. The van der Waals surface area contributed by atoms with Crippen LogP contribution in [0.1, 0.15) is 6.92 Å². The van der Waals surface area contributed by atoms with Gasteiger partial charge in [0.15, 0.2) is 0 Å². The van der Waals surface area contributed by atoms with Crippen LogP contribution in [0.2, 0.25) is 5.02 Å². The first-order valence-corrected chi connectivity index (χ1v) is 9.92. The van der Waals surface area contributed by atoms with E-state index in [-0.39, 0.29) is 15.8 Å². The lowest BCUT2D eigenvalue weighted by Crippen LogP contribution is -2.46. The summed E-state index contributed by atoms with van der Waals surface area (Å²) in [7, 11) is 0.0445. The lowest BCUT2D eigenvalue weighted by Gasteiger charge is -2.33. The van der Waals surface area contributed by atoms with Crippen molar-refractivity contribution >= 4 is 21.6 Å². The topological polar surface area (TPSA) is 61.9 Å². The predicted molar refractivity (Wildman–Crippen MR) is 96.3 cm³/mol. The third-order valence-corrected chi connectivity index (χ3v) is 5.94. The number of nitrogens with one attached hydrogen (secondary N) is 1. The van der Waals surface area contributed by atoms with Gasteiger partial charge in [-0.1, -0.05) is 18.5 Å². The molecular weight excluding hydrogens is 350 g/mol. The van der Waals surface area contributed by atoms with Crippen molar-refractivity contribution in [2.24, 2.45) is 5.92 Å². The van der Waals surface area contributed by atoms with Gasteiger partial charge < -0.3 is 14.5 Å². The van der Waals surface area contributed by atoms with E-state index in [1.165, 1.54) is 19.2 Å². The van der Waals surface area contributed by atoms with Gasteiger partial charge in [0.2, 0.25) is 10.0 Å². The van der Waals surface area contributed by atoms with Crippen molar-refractivity contribution < 1.29 is 13.2 Å². The van der Waals surface area contributed by atoms with Gasteiger partial charge in [-0.3, -0.25) is 0 Å². The summed E-state index contributed by atoms with van der Waals surface area (Å²) in [6, 6.07) is 4.47. The highest BCUT2D eigenvalue weighted by Gasteiger charge is 2.19. The largest absolute Gasteiger partial charge is 0.495 e. The molecule has 0 saturated carbocycles. The molecule has 6 nitrogen and oxygen atoms in total. The van der Waals surface area contributed by atoms with Crippen LogP contribution in [0, 0.1) is 5.92 Å². The lowest BCUT2D eigenvalue weighted by atomic mass is 10.1. The lowest BCUT2D eigenvalue weighted by molar-refractivity contribution is 0.139. The van der Waals surface area contributed by atoms with E-state index in [0.29, 0.717) is 12.3 Å². The molecule has 24 heavy (non-hydrogen) atoms. The zero-order valence-corrected chi connectivity index (χ0v) is 16.0. The van der Waals surface area contributed by atoms with E-state index in [9.17, 15) is 8.42 Å². The minimum atomic E-state index is -3.57. The fourth-order valence-corrected chi connectivity index (χ4v) is 4.20. The summed E-state index contributed by atoms with van der Waals surface area (Å²) in [6.45, 7) is 7.52. The summed E-state index contributed by atoms with van der Waals surface area (Å²) in [5.74, 6) is 0.691. The maximum absolute atomic E-state index is 12.4. The summed E-state index contributed by atoms with van der Waals surface area (Å²) in [5.41, 5.74) is 0. The first-order valence-electron chi connectivity index (χ1n) is 8.06. The minimum Gasteiger partial charge on any atom is -0.495 e. The van der Waals surface area contributed by atoms with Crippen LogP contribution in [-0.4, -0.2) is 71.6 Å². The van der Waals surface area contributed by atoms with E-state index in [1.54, 1.807) is 6.07 Å². The first kappa shape index (κ1) is 19.5. The molecule has 1 fully saturated rings. The van der Waals surface area contributed by atoms with Gasteiger partial charge in [0.25, 0.3) is 0 Å². The molecule has 1 saturated heterocycles. The molecule has 1 aromatic rings. The number of nitrogens with zero attached hydrogens (tertiary/aromatic N) is 2. The number of piperazine rings is 1. The third-order valence-electron chi connectivity index (χ3n) is 4.22. The number of rotatable bonds is 7. The second-order valence-electron chi connectivity index (χ2n) is 6.36. The van der Waals surface area contributed by atoms with Gasteiger partial charge in [-0.05, 0) is 31.2 Å². The highest BCUT2D eigenvalue weighted by Crippen LogP contribution is 2.26. The number of benzene rings is 1. The Labute approximate surface area is 149 Å². The van der Waals surface area contributed by atoms with Crippen LogP contribution in [0.15, 0.2) is 23.1 Å². The van der Waals surface area contributed by atoms with E-state index in [1.807, 2.05) is 0 Å². The maximum atomic E-state index is 12.4. The van der Waals surface area contributed by atoms with Crippen LogP contribution >= 0.6 is 11.6 Å². The quantitative estimate of drug-likeness (QED) is 0.782. The van der Waals surface area contributed by atoms with Gasteiger partial charge in [0.1, 0.15) is 5.75 Å². The molecule has 0 radical (unpaired) electrons. The van der Waals surface area contributed by atoms with Crippen LogP contribution in [0.5, 0.6) is 5.75 Å². The fourth-order valence-electron chi connectivity index (χ4n) is 2.69. The maximum Gasteiger partial charge on any atom is 0.240 e. The van der Waals surface area contributed by atoms with E-state index in [2.05, 4.69) is 28.5 Å². The van der Waals surface area contributed by atoms with Crippen molar-refractivity contribution in [3.05, 3.63) is 23.2 Å². The zero-order valence-electron chi connectivity index (χ0n) is 14.5. The Balaban J connectivity index is 1.88. The average molecular weight is 376 g/mol. The smallest absolute Gasteiger partial charge is 0.240 e. The van der Waals surface area contributed by atoms with Crippen LogP contribution in [-0.2, 0) is 10.0 Å². The number of ether oxygens (including phenoxy) is 1. The second kappa shape index (κ2) is 8.49. The molecular formula is C16H26ClN3O3S. The molecule has 2 rings (SSSR count). The van der Waals surface area contributed by atoms with Crippen molar-refractivity contribution in [2.75, 3.05) is 53.4 Å². The molecule has 136 valence electrons. The molecule has 1 unspecified atom stereocenters. The number of likely N-dealkylation sites (N-methyl/N-ethyl adjacent to an activating group) is 1. The van der Waals surface area contributed by atoms with Gasteiger partial charge in [0.05, 0.1) is 17.0 Å². The number of hydrogen-bond donors (Lipinski definition) is 1. The Morgan fingerprint density at radius 2 is 1.96 bits per heavy atom. The summed E-state index contributed by atoms with van der Waals surface area (Å²) < 4.78 is 32.5. The van der Waals surface area contributed by atoms with E-state index in [0.717, 1.165) is 32.7 Å². The molecule has 0 spiro atoms. The van der Waals surface area contributed by atoms with Crippen molar-refractivity contribution in [2.45, 2.75) is 11.8 Å². The van der Waals surface area contributed by atoms with Gasteiger partial charge in [-0.15, -0.1) is 0 Å². The van der Waals surface area contributed by atoms with Crippen LogP contribution in [0.4, 0.5) is 0 Å². The molecule has 1 aliphatic heterocycles. The molecule has 1 N–H and O–H groups in total. The molecule has 0 aromatic heterocycles. The molecule has 1 aromatic carbocycles. The monoisotopic (exact) mass is 375 g/mol. The summed E-state index contributed by atoms with van der Waals surface area (Å²) >= 11 is 6.01. The number of hydrogen-bond acceptors (Lipinski definition) is 5. The number of sulfonamides is 1. The normalized spacial score (nSPS) is 18.5. The summed E-state index contributed by atoms with van der Waals surface area (Å²) in [5, 5.41) is 0.283. The Morgan fingerprint density at radius 1 is 1.29 bits per heavy atom. The molecule has 0 amide bonds. The number of methoxy groups -OCH3 is 1. The van der Waals surface area contributed by atoms with Crippen LogP contribution < -0.4 is 9.46 Å². The van der Waals surface area contributed by atoms with Crippen LogP contribution in [0.3, 0.4) is 0 Å². The van der Waals surface area contributed by atoms with E-state index in [4.69, 9.17) is 16.3 Å². The van der Waals surface area contributed by atoms with Crippen molar-refractivity contribution in [3.63, 3.8) is 0 Å². The molecule has 0 bridgehead atoms. The minimum absolute atomic E-state index is 0.153. The average Bonchev–Trinajstić information content (AvgIpc) is 2.55. The summed E-state index contributed by atoms with van der Waals surface area (Å²) in [4.78, 5) is 4.83. The SMILES string of the molecule is COc1ccc(S(=O)(=O)NCC(C)CN2CCN(C)CC2)cc1Cl.